The number of nitrogens with zero attached hydrogens (tertiary/aromatic N) is 2. The van der Waals surface area contributed by atoms with Gasteiger partial charge in [0.05, 0.1) is 0 Å². The van der Waals surface area contributed by atoms with E-state index in [1.54, 1.807) is 0 Å². The Morgan fingerprint density at radius 2 is 2.57 bits per heavy atom. The van der Waals surface area contributed by atoms with Crippen molar-refractivity contribution in [1.29, 1.82) is 5.26 Å². The smallest absolute Gasteiger partial charge is 0.194 e. The van der Waals surface area contributed by atoms with Gasteiger partial charge in [-0.05, 0) is 11.9 Å². The zero-order valence-corrected chi connectivity index (χ0v) is 4.90. The SMILES string of the molecule is C=CN(C#N)SC. The summed E-state index contributed by atoms with van der Waals surface area (Å²) in [4.78, 5) is 0. The fourth-order valence-electron chi connectivity index (χ4n) is 0.156. The summed E-state index contributed by atoms with van der Waals surface area (Å²) >= 11 is 1.32. The van der Waals surface area contributed by atoms with E-state index in [1.165, 1.54) is 22.5 Å². The second kappa shape index (κ2) is 3.57. The lowest BCUT2D eigenvalue weighted by atomic mass is 11.0. The fraction of sp³-hybridized carbons (Fsp3) is 0.250. The van der Waals surface area contributed by atoms with Crippen LogP contribution in [0.15, 0.2) is 12.8 Å². The molecule has 0 aliphatic carbocycles. The van der Waals surface area contributed by atoms with Crippen LogP contribution in [-0.4, -0.2) is 10.6 Å². The van der Waals surface area contributed by atoms with E-state index in [-0.39, 0.29) is 0 Å². The molecule has 0 fully saturated rings. The van der Waals surface area contributed by atoms with Crippen LogP contribution in [0.4, 0.5) is 0 Å². The molecular weight excluding hydrogens is 108 g/mol. The molecule has 0 radical (unpaired) electrons. The van der Waals surface area contributed by atoms with Crippen LogP contribution >= 0.6 is 11.9 Å². The van der Waals surface area contributed by atoms with Gasteiger partial charge in [-0.1, -0.05) is 6.58 Å². The summed E-state index contributed by atoms with van der Waals surface area (Å²) in [5.41, 5.74) is 0. The van der Waals surface area contributed by atoms with Crippen molar-refractivity contribution in [3.63, 3.8) is 0 Å². The lowest BCUT2D eigenvalue weighted by Gasteiger charge is -1.99. The molecule has 0 spiro atoms. The zero-order valence-electron chi connectivity index (χ0n) is 4.09. The Balaban J connectivity index is 3.43. The van der Waals surface area contributed by atoms with Crippen molar-refractivity contribution in [3.8, 4) is 6.19 Å². The second-order valence-corrected chi connectivity index (χ2v) is 1.55. The summed E-state index contributed by atoms with van der Waals surface area (Å²) in [5.74, 6) is 0. The monoisotopic (exact) mass is 114 g/mol. The summed E-state index contributed by atoms with van der Waals surface area (Å²) in [6.07, 6.45) is 5.15. The van der Waals surface area contributed by atoms with E-state index >= 15 is 0 Å². The molecule has 2 nitrogen and oxygen atoms in total. The second-order valence-electron chi connectivity index (χ2n) is 0.791. The average molecular weight is 114 g/mol. The molecule has 0 aliphatic heterocycles. The molecule has 0 heterocycles. The normalized spacial score (nSPS) is 6.86. The minimum Gasteiger partial charge on any atom is -0.229 e. The third-order valence-electron chi connectivity index (χ3n) is 0.461. The number of nitriles is 1. The van der Waals surface area contributed by atoms with Crippen molar-refractivity contribution >= 4 is 11.9 Å². The van der Waals surface area contributed by atoms with E-state index in [0.717, 1.165) is 0 Å². The minimum absolute atomic E-state index is 1.32. The predicted molar refractivity (Wildman–Crippen MR) is 31.2 cm³/mol. The molecule has 0 aromatic rings. The van der Waals surface area contributed by atoms with Crippen LogP contribution in [0.1, 0.15) is 0 Å². The van der Waals surface area contributed by atoms with E-state index < -0.39 is 0 Å². The maximum Gasteiger partial charge on any atom is 0.194 e. The first-order valence-corrected chi connectivity index (χ1v) is 2.89. The van der Waals surface area contributed by atoms with Crippen LogP contribution < -0.4 is 0 Å². The minimum atomic E-state index is 1.32. The van der Waals surface area contributed by atoms with Crippen LogP contribution in [0, 0.1) is 11.5 Å². The number of rotatable bonds is 2. The van der Waals surface area contributed by atoms with Gasteiger partial charge in [0.15, 0.2) is 6.19 Å². The van der Waals surface area contributed by atoms with Gasteiger partial charge in [-0.3, -0.25) is 0 Å². The van der Waals surface area contributed by atoms with Gasteiger partial charge in [-0.25, -0.2) is 4.31 Å². The molecule has 3 heteroatoms. The molecule has 0 unspecified atom stereocenters. The summed E-state index contributed by atoms with van der Waals surface area (Å²) in [7, 11) is 0. The fourth-order valence-corrected chi connectivity index (χ4v) is 0.387. The first-order chi connectivity index (χ1) is 3.35. The lowest BCUT2D eigenvalue weighted by Crippen LogP contribution is -1.93. The molecule has 0 N–H and O–H groups in total. The van der Waals surface area contributed by atoms with Gasteiger partial charge in [-0.2, -0.15) is 5.26 Å². The van der Waals surface area contributed by atoms with Crippen LogP contribution in [0.3, 0.4) is 0 Å². The number of hydrogen-bond acceptors (Lipinski definition) is 3. The number of hydrogen-bond donors (Lipinski definition) is 0. The first-order valence-electron chi connectivity index (χ1n) is 1.70. The molecule has 0 bridgehead atoms. The van der Waals surface area contributed by atoms with Gasteiger partial charge in [0.25, 0.3) is 0 Å². The van der Waals surface area contributed by atoms with E-state index in [9.17, 15) is 0 Å². The van der Waals surface area contributed by atoms with E-state index in [0.29, 0.717) is 0 Å². The summed E-state index contributed by atoms with van der Waals surface area (Å²) in [6, 6.07) is 0. The van der Waals surface area contributed by atoms with Crippen molar-refractivity contribution in [2.75, 3.05) is 6.26 Å². The molecule has 0 saturated heterocycles. The van der Waals surface area contributed by atoms with Crippen molar-refractivity contribution in [2.24, 2.45) is 0 Å². The highest BCUT2D eigenvalue weighted by molar-refractivity contribution is 7.96. The summed E-state index contributed by atoms with van der Waals surface area (Å²) in [6.45, 7) is 3.39. The van der Waals surface area contributed by atoms with Gasteiger partial charge in [0, 0.05) is 12.5 Å². The predicted octanol–water partition coefficient (Wildman–Crippen LogP) is 1.19. The molecule has 38 valence electrons. The van der Waals surface area contributed by atoms with Crippen LogP contribution in [-0.2, 0) is 0 Å². The van der Waals surface area contributed by atoms with E-state index in [1.807, 2.05) is 12.4 Å². The lowest BCUT2D eigenvalue weighted by molar-refractivity contribution is 0.884. The topological polar surface area (TPSA) is 27.0 Å². The van der Waals surface area contributed by atoms with Crippen molar-refractivity contribution < 1.29 is 0 Å². The van der Waals surface area contributed by atoms with Gasteiger partial charge in [-0.15, -0.1) is 0 Å². The average Bonchev–Trinajstić information content (AvgIpc) is 1.72. The quantitative estimate of drug-likeness (QED) is 0.306. The Morgan fingerprint density at radius 3 is 2.57 bits per heavy atom. The molecular formula is C4H6N2S. The Hall–Kier alpha value is -0.620. The summed E-state index contributed by atoms with van der Waals surface area (Å²) < 4.78 is 1.36. The Bertz CT molecular complexity index is 94.4. The largest absolute Gasteiger partial charge is 0.229 e. The van der Waals surface area contributed by atoms with Crippen molar-refractivity contribution in [3.05, 3.63) is 12.8 Å². The maximum absolute atomic E-state index is 8.11. The standard InChI is InChI=1S/C4H6N2S/c1-3-6(4-5)7-2/h3H,1H2,2H3. The van der Waals surface area contributed by atoms with Crippen LogP contribution in [0.25, 0.3) is 0 Å². The van der Waals surface area contributed by atoms with Crippen LogP contribution in [0.5, 0.6) is 0 Å². The van der Waals surface area contributed by atoms with E-state index in [4.69, 9.17) is 5.26 Å². The van der Waals surface area contributed by atoms with E-state index in [2.05, 4.69) is 6.58 Å². The Morgan fingerprint density at radius 1 is 2.00 bits per heavy atom. The highest BCUT2D eigenvalue weighted by Gasteiger charge is 1.84. The van der Waals surface area contributed by atoms with Gasteiger partial charge in [0.2, 0.25) is 0 Å². The molecule has 0 aliphatic rings. The molecule has 0 aromatic carbocycles. The third-order valence-corrected chi connectivity index (χ3v) is 1.09. The third kappa shape index (κ3) is 2.12. The molecule has 7 heavy (non-hydrogen) atoms. The van der Waals surface area contributed by atoms with Gasteiger partial charge in [0.1, 0.15) is 0 Å². The molecule has 0 aromatic heterocycles. The molecule has 0 amide bonds. The molecule has 0 saturated carbocycles. The zero-order chi connectivity index (χ0) is 5.70. The first kappa shape index (κ1) is 6.38. The molecule has 0 rings (SSSR count). The molecule has 0 atom stereocenters. The Kier molecular flexibility index (Phi) is 3.25. The van der Waals surface area contributed by atoms with Crippen LogP contribution in [0.2, 0.25) is 0 Å². The van der Waals surface area contributed by atoms with Gasteiger partial charge >= 0.3 is 0 Å². The Labute approximate surface area is 47.6 Å². The maximum atomic E-state index is 8.11. The van der Waals surface area contributed by atoms with Gasteiger partial charge < -0.3 is 0 Å². The van der Waals surface area contributed by atoms with Crippen molar-refractivity contribution in [1.82, 2.24) is 4.31 Å². The highest BCUT2D eigenvalue weighted by atomic mass is 32.2. The van der Waals surface area contributed by atoms with Crippen molar-refractivity contribution in [2.45, 2.75) is 0 Å². The summed E-state index contributed by atoms with van der Waals surface area (Å²) in [5, 5.41) is 8.11. The highest BCUT2D eigenvalue weighted by Crippen LogP contribution is 2.00.